The molecule has 2 nitrogen and oxygen atoms in total. The van der Waals surface area contributed by atoms with E-state index in [2.05, 4.69) is 6.92 Å². The molecule has 0 aromatic carbocycles. The highest BCUT2D eigenvalue weighted by Crippen LogP contribution is 2.37. The summed E-state index contributed by atoms with van der Waals surface area (Å²) in [5.41, 5.74) is -0.975. The lowest BCUT2D eigenvalue weighted by atomic mass is 9.73. The molecule has 0 heterocycles. The zero-order valence-corrected chi connectivity index (χ0v) is 11.8. The lowest BCUT2D eigenvalue weighted by Crippen LogP contribution is -2.43. The van der Waals surface area contributed by atoms with E-state index in [1.165, 1.54) is 32.1 Å². The van der Waals surface area contributed by atoms with Gasteiger partial charge in [-0.2, -0.15) is 0 Å². The van der Waals surface area contributed by atoms with Gasteiger partial charge in [0.2, 0.25) is 0 Å². The first-order valence-electron chi connectivity index (χ1n) is 7.92. The number of carbonyl (C=O) groups is 1. The van der Waals surface area contributed by atoms with Crippen LogP contribution in [-0.2, 0) is 4.79 Å². The summed E-state index contributed by atoms with van der Waals surface area (Å²) in [5, 5.41) is 10.7. The average Bonchev–Trinajstić information content (AvgIpc) is 2.64. The maximum Gasteiger partial charge on any atom is 0.167 e. The van der Waals surface area contributed by atoms with E-state index in [4.69, 9.17) is 0 Å². The number of ketones is 1. The van der Waals surface area contributed by atoms with E-state index in [1.54, 1.807) is 0 Å². The average molecular weight is 252 g/mol. The van der Waals surface area contributed by atoms with E-state index in [-0.39, 0.29) is 11.7 Å². The molecule has 2 atom stereocenters. The van der Waals surface area contributed by atoms with Gasteiger partial charge < -0.3 is 5.11 Å². The summed E-state index contributed by atoms with van der Waals surface area (Å²) in [7, 11) is 0. The minimum Gasteiger partial charge on any atom is -0.382 e. The molecule has 104 valence electrons. The highest BCUT2D eigenvalue weighted by Gasteiger charge is 2.41. The van der Waals surface area contributed by atoms with Crippen LogP contribution < -0.4 is 0 Å². The first kappa shape index (κ1) is 14.0. The molecule has 0 aromatic heterocycles. The fourth-order valence-electron chi connectivity index (χ4n) is 3.84. The van der Waals surface area contributed by atoms with Crippen LogP contribution in [-0.4, -0.2) is 16.5 Å². The molecule has 2 heteroatoms. The van der Waals surface area contributed by atoms with Gasteiger partial charge in [-0.3, -0.25) is 4.79 Å². The van der Waals surface area contributed by atoms with Gasteiger partial charge in [-0.25, -0.2) is 0 Å². The van der Waals surface area contributed by atoms with Gasteiger partial charge >= 0.3 is 0 Å². The van der Waals surface area contributed by atoms with Crippen molar-refractivity contribution in [3.05, 3.63) is 0 Å². The van der Waals surface area contributed by atoms with Crippen LogP contribution in [0, 0.1) is 11.8 Å². The number of hydrogen-bond acceptors (Lipinski definition) is 2. The van der Waals surface area contributed by atoms with Crippen LogP contribution in [0.25, 0.3) is 0 Å². The van der Waals surface area contributed by atoms with Crippen molar-refractivity contribution in [2.45, 2.75) is 83.2 Å². The van der Waals surface area contributed by atoms with Crippen molar-refractivity contribution in [2.75, 3.05) is 0 Å². The van der Waals surface area contributed by atoms with E-state index in [9.17, 15) is 9.90 Å². The lowest BCUT2D eigenvalue weighted by Gasteiger charge is -2.34. The molecular weight excluding hydrogens is 224 g/mol. The number of aliphatic hydroxyl groups is 1. The zero-order valence-electron chi connectivity index (χ0n) is 11.8. The summed E-state index contributed by atoms with van der Waals surface area (Å²) in [5.74, 6) is 1.04. The molecule has 2 unspecified atom stereocenters. The maximum atomic E-state index is 12.6. The van der Waals surface area contributed by atoms with Gasteiger partial charge in [-0.15, -0.1) is 0 Å². The van der Waals surface area contributed by atoms with Crippen molar-refractivity contribution in [1.29, 1.82) is 0 Å². The second-order valence-corrected chi connectivity index (χ2v) is 6.45. The summed E-state index contributed by atoms with van der Waals surface area (Å²) >= 11 is 0. The quantitative estimate of drug-likeness (QED) is 0.774. The Morgan fingerprint density at radius 1 is 1.11 bits per heavy atom. The predicted molar refractivity (Wildman–Crippen MR) is 73.4 cm³/mol. The Morgan fingerprint density at radius 3 is 2.39 bits per heavy atom. The molecule has 2 aliphatic carbocycles. The van der Waals surface area contributed by atoms with Crippen molar-refractivity contribution in [1.82, 2.24) is 0 Å². The van der Waals surface area contributed by atoms with E-state index < -0.39 is 5.60 Å². The Hall–Kier alpha value is -0.370. The first-order valence-corrected chi connectivity index (χ1v) is 7.92. The monoisotopic (exact) mass is 252 g/mol. The van der Waals surface area contributed by atoms with Gasteiger partial charge in [-0.1, -0.05) is 51.9 Å². The van der Waals surface area contributed by atoms with Crippen molar-refractivity contribution < 1.29 is 9.90 Å². The van der Waals surface area contributed by atoms with Crippen molar-refractivity contribution in [3.8, 4) is 0 Å². The molecule has 0 amide bonds. The Balaban J connectivity index is 2.00. The summed E-state index contributed by atoms with van der Waals surface area (Å²) in [6.07, 6.45) is 11.5. The van der Waals surface area contributed by atoms with Crippen LogP contribution in [0.4, 0.5) is 0 Å². The minimum atomic E-state index is -0.975. The zero-order chi connectivity index (χ0) is 13.0. The third-order valence-electron chi connectivity index (χ3n) is 5.12. The standard InChI is InChI=1S/C16H28O2/c1-2-13-8-7-9-14(12-13)15(17)16(18)10-5-3-4-6-11-16/h13-14,18H,2-12H2,1H3. The smallest absolute Gasteiger partial charge is 0.167 e. The summed E-state index contributed by atoms with van der Waals surface area (Å²) in [6.45, 7) is 2.22. The number of Topliss-reactive ketones (excluding diaryl/α,β-unsaturated/α-hetero) is 1. The van der Waals surface area contributed by atoms with E-state index in [0.29, 0.717) is 18.8 Å². The third-order valence-corrected chi connectivity index (χ3v) is 5.12. The van der Waals surface area contributed by atoms with Crippen molar-refractivity contribution >= 4 is 5.78 Å². The molecule has 2 rings (SSSR count). The van der Waals surface area contributed by atoms with Crippen molar-refractivity contribution in [3.63, 3.8) is 0 Å². The predicted octanol–water partition coefficient (Wildman–Crippen LogP) is 3.86. The molecule has 0 radical (unpaired) electrons. The van der Waals surface area contributed by atoms with E-state index >= 15 is 0 Å². The first-order chi connectivity index (χ1) is 8.65. The molecule has 1 N–H and O–H groups in total. The molecule has 0 spiro atoms. The van der Waals surface area contributed by atoms with Crippen LogP contribution >= 0.6 is 0 Å². The fourth-order valence-corrected chi connectivity index (χ4v) is 3.84. The largest absolute Gasteiger partial charge is 0.382 e. The third kappa shape index (κ3) is 3.14. The Morgan fingerprint density at radius 2 is 1.78 bits per heavy atom. The fraction of sp³-hybridized carbons (Fsp3) is 0.938. The molecule has 0 aromatic rings. The summed E-state index contributed by atoms with van der Waals surface area (Å²) in [4.78, 5) is 12.6. The molecule has 0 aliphatic heterocycles. The van der Waals surface area contributed by atoms with E-state index in [1.807, 2.05) is 0 Å². The Bertz CT molecular complexity index is 277. The molecule has 2 fully saturated rings. The van der Waals surface area contributed by atoms with Crippen LogP contribution in [0.5, 0.6) is 0 Å². The van der Waals surface area contributed by atoms with Crippen molar-refractivity contribution in [2.24, 2.45) is 11.8 Å². The van der Waals surface area contributed by atoms with Gasteiger partial charge in [0.15, 0.2) is 5.78 Å². The molecule has 2 saturated carbocycles. The normalized spacial score (nSPS) is 32.8. The van der Waals surface area contributed by atoms with Gasteiger partial charge in [-0.05, 0) is 31.6 Å². The SMILES string of the molecule is CCC1CCCC(C(=O)C2(O)CCCCCC2)C1. The summed E-state index contributed by atoms with van der Waals surface area (Å²) < 4.78 is 0. The Labute approximate surface area is 111 Å². The van der Waals surface area contributed by atoms with Crippen LogP contribution in [0.2, 0.25) is 0 Å². The van der Waals surface area contributed by atoms with Crippen LogP contribution in [0.15, 0.2) is 0 Å². The molecule has 0 saturated heterocycles. The molecule has 2 aliphatic rings. The molecule has 18 heavy (non-hydrogen) atoms. The second-order valence-electron chi connectivity index (χ2n) is 6.45. The van der Waals surface area contributed by atoms with Crippen LogP contribution in [0.1, 0.15) is 77.6 Å². The van der Waals surface area contributed by atoms with Gasteiger partial charge in [0.1, 0.15) is 5.60 Å². The highest BCUT2D eigenvalue weighted by atomic mass is 16.3. The number of hydrogen-bond donors (Lipinski definition) is 1. The number of rotatable bonds is 3. The minimum absolute atomic E-state index is 0.145. The summed E-state index contributed by atoms with van der Waals surface area (Å²) in [6, 6.07) is 0. The van der Waals surface area contributed by atoms with Gasteiger partial charge in [0.05, 0.1) is 0 Å². The van der Waals surface area contributed by atoms with Crippen LogP contribution in [0.3, 0.4) is 0 Å². The van der Waals surface area contributed by atoms with Gasteiger partial charge in [0, 0.05) is 5.92 Å². The lowest BCUT2D eigenvalue weighted by molar-refractivity contribution is -0.144. The maximum absolute atomic E-state index is 12.6. The Kier molecular flexibility index (Phi) is 4.83. The van der Waals surface area contributed by atoms with E-state index in [0.717, 1.165) is 25.7 Å². The van der Waals surface area contributed by atoms with Gasteiger partial charge in [0.25, 0.3) is 0 Å². The second kappa shape index (κ2) is 6.18. The molecular formula is C16H28O2. The molecule has 0 bridgehead atoms. The topological polar surface area (TPSA) is 37.3 Å². The highest BCUT2D eigenvalue weighted by molar-refractivity contribution is 5.89. The number of carbonyl (C=O) groups excluding carboxylic acids is 1.